The summed E-state index contributed by atoms with van der Waals surface area (Å²) in [6.45, 7) is 6.86. The number of piperazine rings is 2. The first-order chi connectivity index (χ1) is 15.0. The SMILES string of the molecule is CN1CCN(c2ccc(N3CCN(C(=O)C4(c5ccc(F)cc5)CC4)CC3)nn2)CC1. The Balaban J connectivity index is 1.19. The predicted molar refractivity (Wildman–Crippen MR) is 118 cm³/mol. The summed E-state index contributed by atoms with van der Waals surface area (Å²) in [6.07, 6.45) is 1.69. The number of halogens is 1. The molecule has 3 heterocycles. The van der Waals surface area contributed by atoms with Crippen LogP contribution in [0.4, 0.5) is 16.0 Å². The van der Waals surface area contributed by atoms with Gasteiger partial charge in [0.15, 0.2) is 11.6 Å². The van der Waals surface area contributed by atoms with Crippen LogP contribution in [0.25, 0.3) is 0 Å². The second kappa shape index (κ2) is 8.07. The lowest BCUT2D eigenvalue weighted by atomic mass is 9.94. The topological polar surface area (TPSA) is 55.8 Å². The monoisotopic (exact) mass is 424 g/mol. The zero-order valence-electron chi connectivity index (χ0n) is 18.0. The summed E-state index contributed by atoms with van der Waals surface area (Å²) < 4.78 is 13.3. The number of benzene rings is 1. The Bertz CT molecular complexity index is 914. The maximum atomic E-state index is 13.3. The van der Waals surface area contributed by atoms with Crippen molar-refractivity contribution in [3.05, 3.63) is 47.8 Å². The van der Waals surface area contributed by atoms with Gasteiger partial charge in [-0.3, -0.25) is 4.79 Å². The first-order valence-corrected chi connectivity index (χ1v) is 11.1. The Hall–Kier alpha value is -2.74. The quantitative estimate of drug-likeness (QED) is 0.746. The number of likely N-dealkylation sites (N-methyl/N-ethyl adjacent to an activating group) is 1. The molecule has 3 aliphatic rings. The van der Waals surface area contributed by atoms with E-state index in [9.17, 15) is 9.18 Å². The molecular weight excluding hydrogens is 395 g/mol. The molecule has 2 aliphatic heterocycles. The van der Waals surface area contributed by atoms with E-state index in [-0.39, 0.29) is 11.7 Å². The summed E-state index contributed by atoms with van der Waals surface area (Å²) in [5.74, 6) is 1.71. The van der Waals surface area contributed by atoms with E-state index in [1.807, 2.05) is 11.0 Å². The fourth-order valence-electron chi connectivity index (χ4n) is 4.65. The molecule has 0 unspecified atom stereocenters. The van der Waals surface area contributed by atoms with Gasteiger partial charge in [0.25, 0.3) is 0 Å². The van der Waals surface area contributed by atoms with Gasteiger partial charge < -0.3 is 19.6 Å². The molecule has 2 aromatic rings. The number of carbonyl (C=O) groups is 1. The predicted octanol–water partition coefficient (Wildman–Crippen LogP) is 1.75. The summed E-state index contributed by atoms with van der Waals surface area (Å²) in [5, 5.41) is 8.92. The summed E-state index contributed by atoms with van der Waals surface area (Å²) in [7, 11) is 2.14. The zero-order valence-corrected chi connectivity index (χ0v) is 18.0. The van der Waals surface area contributed by atoms with Crippen LogP contribution in [0.5, 0.6) is 0 Å². The zero-order chi connectivity index (χ0) is 21.4. The number of nitrogens with zero attached hydrogens (tertiary/aromatic N) is 6. The molecule has 0 atom stereocenters. The van der Waals surface area contributed by atoms with Gasteiger partial charge in [-0.05, 0) is 49.7 Å². The van der Waals surface area contributed by atoms with Crippen LogP contribution in [-0.2, 0) is 10.2 Å². The van der Waals surface area contributed by atoms with E-state index in [0.29, 0.717) is 13.1 Å². The molecule has 0 N–H and O–H groups in total. The minimum Gasteiger partial charge on any atom is -0.353 e. The summed E-state index contributed by atoms with van der Waals surface area (Å²) in [4.78, 5) is 22.0. The van der Waals surface area contributed by atoms with Crippen LogP contribution in [0, 0.1) is 5.82 Å². The molecule has 7 nitrogen and oxygen atoms in total. The average Bonchev–Trinajstić information content (AvgIpc) is 3.62. The minimum absolute atomic E-state index is 0.176. The molecule has 1 amide bonds. The molecule has 1 aromatic carbocycles. The highest BCUT2D eigenvalue weighted by Crippen LogP contribution is 2.49. The van der Waals surface area contributed by atoms with Crippen molar-refractivity contribution in [3.8, 4) is 0 Å². The molecule has 1 aliphatic carbocycles. The Morgan fingerprint density at radius 3 is 1.81 bits per heavy atom. The van der Waals surface area contributed by atoms with Crippen LogP contribution >= 0.6 is 0 Å². The third-order valence-corrected chi connectivity index (χ3v) is 6.91. The van der Waals surface area contributed by atoms with Crippen LogP contribution in [0.15, 0.2) is 36.4 Å². The Labute approximate surface area is 182 Å². The van der Waals surface area contributed by atoms with Gasteiger partial charge in [0.05, 0.1) is 5.41 Å². The van der Waals surface area contributed by atoms with Gasteiger partial charge in [0, 0.05) is 52.4 Å². The number of amides is 1. The van der Waals surface area contributed by atoms with Gasteiger partial charge in [-0.25, -0.2) is 4.39 Å². The minimum atomic E-state index is -0.445. The second-order valence-electron chi connectivity index (χ2n) is 8.91. The first-order valence-electron chi connectivity index (χ1n) is 11.1. The maximum Gasteiger partial charge on any atom is 0.233 e. The molecule has 3 fully saturated rings. The van der Waals surface area contributed by atoms with E-state index in [4.69, 9.17) is 0 Å². The standard InChI is InChI=1S/C23H29FN6O/c1-27-10-12-28(13-11-27)20-6-7-21(26-25-20)29-14-16-30(17-15-29)22(31)23(8-9-23)18-2-4-19(24)5-3-18/h2-7H,8-17H2,1H3. The Kier molecular flexibility index (Phi) is 5.25. The van der Waals surface area contributed by atoms with Crippen LogP contribution < -0.4 is 9.80 Å². The summed E-state index contributed by atoms with van der Waals surface area (Å²) in [6, 6.07) is 10.5. The van der Waals surface area contributed by atoms with Crippen molar-refractivity contribution in [1.29, 1.82) is 0 Å². The van der Waals surface area contributed by atoms with Crippen molar-refractivity contribution in [2.24, 2.45) is 0 Å². The normalized spacial score (nSPS) is 21.3. The number of carbonyl (C=O) groups excluding carboxylic acids is 1. The lowest BCUT2D eigenvalue weighted by molar-refractivity contribution is -0.134. The molecule has 0 spiro atoms. The molecule has 1 saturated carbocycles. The van der Waals surface area contributed by atoms with Crippen molar-refractivity contribution in [1.82, 2.24) is 20.0 Å². The average molecular weight is 425 g/mol. The van der Waals surface area contributed by atoms with Crippen molar-refractivity contribution < 1.29 is 9.18 Å². The number of hydrogen-bond donors (Lipinski definition) is 0. The molecule has 2 saturated heterocycles. The lowest BCUT2D eigenvalue weighted by Gasteiger charge is -2.37. The molecule has 31 heavy (non-hydrogen) atoms. The highest BCUT2D eigenvalue weighted by molar-refractivity contribution is 5.91. The fraction of sp³-hybridized carbons (Fsp3) is 0.522. The van der Waals surface area contributed by atoms with Gasteiger partial charge in [0.1, 0.15) is 5.82 Å². The van der Waals surface area contributed by atoms with E-state index >= 15 is 0 Å². The largest absolute Gasteiger partial charge is 0.353 e. The second-order valence-corrected chi connectivity index (χ2v) is 8.91. The molecule has 8 heteroatoms. The highest BCUT2D eigenvalue weighted by atomic mass is 19.1. The van der Waals surface area contributed by atoms with Crippen molar-refractivity contribution >= 4 is 17.5 Å². The van der Waals surface area contributed by atoms with E-state index in [0.717, 1.165) is 69.3 Å². The molecule has 0 bridgehead atoms. The van der Waals surface area contributed by atoms with Crippen LogP contribution in [-0.4, -0.2) is 85.3 Å². The van der Waals surface area contributed by atoms with Crippen LogP contribution in [0.3, 0.4) is 0 Å². The number of rotatable bonds is 4. The smallest absolute Gasteiger partial charge is 0.233 e. The van der Waals surface area contributed by atoms with Gasteiger partial charge in [-0.1, -0.05) is 12.1 Å². The molecule has 5 rings (SSSR count). The van der Waals surface area contributed by atoms with E-state index < -0.39 is 5.41 Å². The third kappa shape index (κ3) is 3.96. The van der Waals surface area contributed by atoms with E-state index in [2.05, 4.69) is 38.0 Å². The lowest BCUT2D eigenvalue weighted by Crippen LogP contribution is -2.51. The highest BCUT2D eigenvalue weighted by Gasteiger charge is 2.53. The number of aromatic nitrogens is 2. The maximum absolute atomic E-state index is 13.3. The molecule has 0 radical (unpaired) electrons. The van der Waals surface area contributed by atoms with Crippen molar-refractivity contribution in [2.75, 3.05) is 69.2 Å². The molecular formula is C23H29FN6O. The van der Waals surface area contributed by atoms with E-state index in [1.165, 1.54) is 12.1 Å². The Morgan fingerprint density at radius 2 is 1.32 bits per heavy atom. The van der Waals surface area contributed by atoms with Crippen LogP contribution in [0.1, 0.15) is 18.4 Å². The number of hydrogen-bond acceptors (Lipinski definition) is 6. The first kappa shape index (κ1) is 20.2. The van der Waals surface area contributed by atoms with Crippen molar-refractivity contribution in [3.63, 3.8) is 0 Å². The molecule has 1 aromatic heterocycles. The van der Waals surface area contributed by atoms with E-state index in [1.54, 1.807) is 12.1 Å². The van der Waals surface area contributed by atoms with Gasteiger partial charge in [-0.2, -0.15) is 0 Å². The summed E-state index contributed by atoms with van der Waals surface area (Å²) >= 11 is 0. The molecule has 164 valence electrons. The van der Waals surface area contributed by atoms with Gasteiger partial charge >= 0.3 is 0 Å². The Morgan fingerprint density at radius 1 is 0.806 bits per heavy atom. The van der Waals surface area contributed by atoms with Crippen molar-refractivity contribution in [2.45, 2.75) is 18.3 Å². The number of anilines is 2. The van der Waals surface area contributed by atoms with Gasteiger partial charge in [-0.15, -0.1) is 10.2 Å². The fourth-order valence-corrected chi connectivity index (χ4v) is 4.65. The van der Waals surface area contributed by atoms with Crippen LogP contribution in [0.2, 0.25) is 0 Å². The summed E-state index contributed by atoms with van der Waals surface area (Å²) in [5.41, 5.74) is 0.492. The van der Waals surface area contributed by atoms with Gasteiger partial charge in [0.2, 0.25) is 5.91 Å². The third-order valence-electron chi connectivity index (χ3n) is 6.91.